The lowest BCUT2D eigenvalue weighted by Crippen LogP contribution is -2.26. The van der Waals surface area contributed by atoms with Gasteiger partial charge in [0, 0.05) is 11.5 Å². The highest BCUT2D eigenvalue weighted by Crippen LogP contribution is 2.49. The van der Waals surface area contributed by atoms with Gasteiger partial charge in [0.15, 0.2) is 5.82 Å². The minimum absolute atomic E-state index is 0.299. The molecule has 0 spiro atoms. The molecule has 0 aromatic carbocycles. The molecule has 2 rings (SSSR count). The van der Waals surface area contributed by atoms with Gasteiger partial charge in [-0.1, -0.05) is 45.7 Å². The van der Waals surface area contributed by atoms with E-state index in [9.17, 15) is 0 Å². The Kier molecular flexibility index (Phi) is 3.19. The van der Waals surface area contributed by atoms with Crippen LogP contribution in [0.1, 0.15) is 76.5 Å². The first-order valence-electron chi connectivity index (χ1n) is 6.68. The molecule has 1 fully saturated rings. The van der Waals surface area contributed by atoms with Crippen LogP contribution in [0, 0.1) is 5.41 Å². The van der Waals surface area contributed by atoms with E-state index < -0.39 is 0 Å². The second kappa shape index (κ2) is 4.35. The Balaban J connectivity index is 2.39. The number of nitrogens with zero attached hydrogens (tertiary/aromatic N) is 1. The van der Waals surface area contributed by atoms with Gasteiger partial charge in [0.25, 0.3) is 0 Å². The van der Waals surface area contributed by atoms with Crippen LogP contribution in [-0.2, 0) is 0 Å². The summed E-state index contributed by atoms with van der Waals surface area (Å²) < 4.78 is 5.56. The Morgan fingerprint density at radius 2 is 2.06 bits per heavy atom. The molecule has 1 aliphatic carbocycles. The summed E-state index contributed by atoms with van der Waals surface area (Å²) in [4.78, 5) is 0. The van der Waals surface area contributed by atoms with E-state index in [2.05, 4.69) is 32.9 Å². The topological polar surface area (TPSA) is 52.0 Å². The highest BCUT2D eigenvalue weighted by molar-refractivity contribution is 5.44. The number of hydrogen-bond acceptors (Lipinski definition) is 3. The molecule has 1 aromatic rings. The van der Waals surface area contributed by atoms with Gasteiger partial charge in [0.2, 0.25) is 0 Å². The molecule has 0 aliphatic heterocycles. The van der Waals surface area contributed by atoms with Gasteiger partial charge in [0.1, 0.15) is 5.76 Å². The fraction of sp³-hybridized carbons (Fsp3) is 0.786. The van der Waals surface area contributed by atoms with E-state index in [1.807, 2.05) is 0 Å². The Hall–Kier alpha value is -0.990. The second-order valence-electron chi connectivity index (χ2n) is 6.29. The molecule has 1 aliphatic rings. The van der Waals surface area contributed by atoms with Gasteiger partial charge in [0.05, 0.1) is 0 Å². The number of rotatable bonds is 2. The summed E-state index contributed by atoms with van der Waals surface area (Å²) in [6.45, 7) is 8.98. The minimum atomic E-state index is 0.299. The number of aromatic nitrogens is 1. The van der Waals surface area contributed by atoms with Crippen molar-refractivity contribution in [1.82, 2.24) is 5.16 Å². The van der Waals surface area contributed by atoms with E-state index in [1.165, 1.54) is 25.7 Å². The lowest BCUT2D eigenvalue weighted by Gasteiger charge is -2.37. The van der Waals surface area contributed by atoms with E-state index in [1.54, 1.807) is 0 Å². The standard InChI is InChI=1S/C14H24N2O/c1-9(2)11-12(17-16-13(11)15)10-7-5-6-8-14(10,3)4/h9-10H,5-8H2,1-4H3,(H2,15,16). The molecule has 1 heterocycles. The first-order chi connectivity index (χ1) is 7.93. The van der Waals surface area contributed by atoms with Gasteiger partial charge >= 0.3 is 0 Å². The molecule has 3 heteroatoms. The Bertz CT molecular complexity index is 393. The van der Waals surface area contributed by atoms with Crippen LogP contribution >= 0.6 is 0 Å². The number of anilines is 1. The largest absolute Gasteiger partial charge is 0.381 e. The van der Waals surface area contributed by atoms with Crippen LogP contribution in [0.2, 0.25) is 0 Å². The van der Waals surface area contributed by atoms with Crippen molar-refractivity contribution in [3.8, 4) is 0 Å². The first-order valence-corrected chi connectivity index (χ1v) is 6.68. The van der Waals surface area contributed by atoms with Crippen molar-refractivity contribution in [2.75, 3.05) is 5.73 Å². The zero-order chi connectivity index (χ0) is 12.6. The number of nitrogen functional groups attached to an aromatic ring is 1. The highest BCUT2D eigenvalue weighted by Gasteiger charge is 2.38. The first kappa shape index (κ1) is 12.5. The van der Waals surface area contributed by atoms with Gasteiger partial charge < -0.3 is 10.3 Å². The summed E-state index contributed by atoms with van der Waals surface area (Å²) in [5.41, 5.74) is 7.36. The fourth-order valence-electron chi connectivity index (χ4n) is 3.13. The molecule has 3 nitrogen and oxygen atoms in total. The summed E-state index contributed by atoms with van der Waals surface area (Å²) in [5.74, 6) is 2.48. The van der Waals surface area contributed by atoms with Crippen molar-refractivity contribution in [3.05, 3.63) is 11.3 Å². The van der Waals surface area contributed by atoms with Crippen molar-refractivity contribution in [2.45, 2.75) is 65.2 Å². The lowest BCUT2D eigenvalue weighted by molar-refractivity contribution is 0.167. The third kappa shape index (κ3) is 2.20. The maximum atomic E-state index is 5.93. The zero-order valence-electron chi connectivity index (χ0n) is 11.4. The molecule has 17 heavy (non-hydrogen) atoms. The Labute approximate surface area is 104 Å². The summed E-state index contributed by atoms with van der Waals surface area (Å²) in [6, 6.07) is 0. The van der Waals surface area contributed by atoms with Crippen LogP contribution in [0.4, 0.5) is 5.82 Å². The van der Waals surface area contributed by atoms with Crippen molar-refractivity contribution < 1.29 is 4.52 Å². The third-order valence-corrected chi connectivity index (χ3v) is 4.18. The Morgan fingerprint density at radius 1 is 1.35 bits per heavy atom. The SMILES string of the molecule is CC(C)c1c(N)noc1C1CCCCC1(C)C. The van der Waals surface area contributed by atoms with Crippen molar-refractivity contribution >= 4 is 5.82 Å². The molecule has 2 N–H and O–H groups in total. The van der Waals surface area contributed by atoms with Gasteiger partial charge in [-0.25, -0.2) is 0 Å². The highest BCUT2D eigenvalue weighted by atomic mass is 16.5. The quantitative estimate of drug-likeness (QED) is 0.842. The lowest BCUT2D eigenvalue weighted by atomic mass is 9.67. The van der Waals surface area contributed by atoms with E-state index >= 15 is 0 Å². The monoisotopic (exact) mass is 236 g/mol. The third-order valence-electron chi connectivity index (χ3n) is 4.18. The molecule has 1 saturated carbocycles. The molecule has 96 valence electrons. The van der Waals surface area contributed by atoms with Crippen LogP contribution in [0.15, 0.2) is 4.52 Å². The van der Waals surface area contributed by atoms with Crippen molar-refractivity contribution in [1.29, 1.82) is 0 Å². The van der Waals surface area contributed by atoms with Gasteiger partial charge in [-0.3, -0.25) is 0 Å². The van der Waals surface area contributed by atoms with Crippen molar-refractivity contribution in [3.63, 3.8) is 0 Å². The van der Waals surface area contributed by atoms with Crippen LogP contribution in [0.25, 0.3) is 0 Å². The predicted molar refractivity (Wildman–Crippen MR) is 70.0 cm³/mol. The van der Waals surface area contributed by atoms with E-state index in [0.29, 0.717) is 23.1 Å². The zero-order valence-corrected chi connectivity index (χ0v) is 11.4. The summed E-state index contributed by atoms with van der Waals surface area (Å²) >= 11 is 0. The van der Waals surface area contributed by atoms with Crippen LogP contribution in [-0.4, -0.2) is 5.16 Å². The van der Waals surface area contributed by atoms with E-state index in [4.69, 9.17) is 10.3 Å². The van der Waals surface area contributed by atoms with Gasteiger partial charge in [-0.15, -0.1) is 0 Å². The van der Waals surface area contributed by atoms with Crippen molar-refractivity contribution in [2.24, 2.45) is 5.41 Å². The molecule has 1 atom stereocenters. The predicted octanol–water partition coefficient (Wildman–Crippen LogP) is 4.06. The molecule has 1 aromatic heterocycles. The molecular weight excluding hydrogens is 212 g/mol. The van der Waals surface area contributed by atoms with Gasteiger partial charge in [-0.05, 0) is 24.2 Å². The number of nitrogens with two attached hydrogens (primary N) is 1. The molecular formula is C14H24N2O. The number of hydrogen-bond donors (Lipinski definition) is 1. The maximum Gasteiger partial charge on any atom is 0.170 e. The average molecular weight is 236 g/mol. The summed E-state index contributed by atoms with van der Waals surface area (Å²) in [5, 5.41) is 3.98. The maximum absolute atomic E-state index is 5.93. The average Bonchev–Trinajstić information content (AvgIpc) is 2.59. The molecule has 0 radical (unpaired) electrons. The summed E-state index contributed by atoms with van der Waals surface area (Å²) in [7, 11) is 0. The van der Waals surface area contributed by atoms with Crippen LogP contribution < -0.4 is 5.73 Å². The van der Waals surface area contributed by atoms with Crippen LogP contribution in [0.3, 0.4) is 0 Å². The molecule has 1 unspecified atom stereocenters. The van der Waals surface area contributed by atoms with E-state index in [-0.39, 0.29) is 0 Å². The van der Waals surface area contributed by atoms with Crippen LogP contribution in [0.5, 0.6) is 0 Å². The molecule has 0 saturated heterocycles. The summed E-state index contributed by atoms with van der Waals surface area (Å²) in [6.07, 6.45) is 5.06. The normalized spacial score (nSPS) is 24.2. The Morgan fingerprint density at radius 3 is 2.65 bits per heavy atom. The second-order valence-corrected chi connectivity index (χ2v) is 6.29. The fourth-order valence-corrected chi connectivity index (χ4v) is 3.13. The molecule has 0 amide bonds. The van der Waals surface area contributed by atoms with E-state index in [0.717, 1.165) is 11.3 Å². The minimum Gasteiger partial charge on any atom is -0.381 e. The smallest absolute Gasteiger partial charge is 0.170 e. The molecule has 0 bridgehead atoms. The van der Waals surface area contributed by atoms with Gasteiger partial charge in [-0.2, -0.15) is 0 Å².